The standard InChI is InChI=1S/C39H50N2O3/c42-32-16-8-6-4-2-1-3-5-7-15-26-40-28-22-34(23-29-40)35-24-30-41(31-25-35)27-17-33-44-39(43)38(36-18-11-9-12-19-36)37-20-13-10-14-21-37/h9-14,18-25,28-31,38,42H,1-8,15-17,26-27,32-33H2/q+2. The van der Waals surface area contributed by atoms with Gasteiger partial charge in [-0.15, -0.1) is 0 Å². The fourth-order valence-electron chi connectivity index (χ4n) is 5.68. The first-order valence-electron chi connectivity index (χ1n) is 16.6. The third kappa shape index (κ3) is 11.3. The number of nitrogens with zero attached hydrogens (tertiary/aromatic N) is 2. The van der Waals surface area contributed by atoms with E-state index < -0.39 is 5.92 Å². The van der Waals surface area contributed by atoms with Crippen LogP contribution in [0.5, 0.6) is 0 Å². The van der Waals surface area contributed by atoms with E-state index in [1.807, 2.05) is 60.7 Å². The number of esters is 1. The van der Waals surface area contributed by atoms with Gasteiger partial charge in [-0.2, -0.15) is 0 Å². The molecule has 0 aliphatic carbocycles. The van der Waals surface area contributed by atoms with Gasteiger partial charge in [-0.1, -0.05) is 106 Å². The minimum atomic E-state index is -0.414. The van der Waals surface area contributed by atoms with E-state index in [1.165, 1.54) is 68.9 Å². The van der Waals surface area contributed by atoms with Gasteiger partial charge in [0.15, 0.2) is 31.3 Å². The van der Waals surface area contributed by atoms with Crippen LogP contribution in [-0.4, -0.2) is 24.3 Å². The molecule has 0 atom stereocenters. The Morgan fingerprint density at radius 1 is 0.545 bits per heavy atom. The lowest BCUT2D eigenvalue weighted by atomic mass is 9.91. The summed E-state index contributed by atoms with van der Waals surface area (Å²) in [5.41, 5.74) is 4.31. The molecule has 5 heteroatoms. The number of aromatic nitrogens is 2. The highest BCUT2D eigenvalue weighted by Crippen LogP contribution is 2.26. The molecule has 0 saturated heterocycles. The highest BCUT2D eigenvalue weighted by atomic mass is 16.5. The van der Waals surface area contributed by atoms with Gasteiger partial charge in [0.05, 0.1) is 6.61 Å². The van der Waals surface area contributed by atoms with Gasteiger partial charge in [-0.3, -0.25) is 4.79 Å². The first kappa shape index (κ1) is 33.1. The maximum atomic E-state index is 13.1. The summed E-state index contributed by atoms with van der Waals surface area (Å²) in [6, 6.07) is 28.4. The van der Waals surface area contributed by atoms with E-state index in [1.54, 1.807) is 0 Å². The van der Waals surface area contributed by atoms with E-state index in [-0.39, 0.29) is 5.97 Å². The largest absolute Gasteiger partial charge is 0.465 e. The van der Waals surface area contributed by atoms with Crippen LogP contribution in [-0.2, 0) is 22.6 Å². The molecular weight excluding hydrogens is 544 g/mol. The Kier molecular flexibility index (Phi) is 14.6. The van der Waals surface area contributed by atoms with Crippen LogP contribution >= 0.6 is 0 Å². The summed E-state index contributed by atoms with van der Waals surface area (Å²) in [7, 11) is 0. The average Bonchev–Trinajstić information content (AvgIpc) is 3.07. The smallest absolute Gasteiger partial charge is 0.317 e. The monoisotopic (exact) mass is 594 g/mol. The molecule has 0 fully saturated rings. The molecule has 0 unspecified atom stereocenters. The molecule has 5 nitrogen and oxygen atoms in total. The molecular formula is C39H50N2O3+2. The van der Waals surface area contributed by atoms with Gasteiger partial charge in [-0.05, 0) is 35.1 Å². The number of hydrogen-bond acceptors (Lipinski definition) is 3. The summed E-state index contributed by atoms with van der Waals surface area (Å²) >= 11 is 0. The lowest BCUT2D eigenvalue weighted by Gasteiger charge is -2.16. The zero-order valence-electron chi connectivity index (χ0n) is 26.2. The third-order valence-electron chi connectivity index (χ3n) is 8.25. The van der Waals surface area contributed by atoms with E-state index in [0.29, 0.717) is 13.2 Å². The van der Waals surface area contributed by atoms with Gasteiger partial charge in [0.25, 0.3) is 0 Å². The van der Waals surface area contributed by atoms with Crippen LogP contribution in [0.15, 0.2) is 110 Å². The summed E-state index contributed by atoms with van der Waals surface area (Å²) in [5, 5.41) is 8.83. The predicted octanol–water partition coefficient (Wildman–Crippen LogP) is 7.59. The Labute approximate surface area is 264 Å². The first-order chi connectivity index (χ1) is 21.7. The van der Waals surface area contributed by atoms with Crippen molar-refractivity contribution < 1.29 is 23.8 Å². The Balaban J connectivity index is 1.14. The number of unbranched alkanes of at least 4 members (excludes halogenated alkanes) is 9. The maximum absolute atomic E-state index is 13.1. The zero-order valence-corrected chi connectivity index (χ0v) is 26.2. The molecule has 0 aliphatic rings. The number of pyridine rings is 2. The van der Waals surface area contributed by atoms with E-state index >= 15 is 0 Å². The average molecular weight is 595 g/mol. The minimum absolute atomic E-state index is 0.207. The van der Waals surface area contributed by atoms with Crippen molar-refractivity contribution in [2.75, 3.05) is 13.2 Å². The third-order valence-corrected chi connectivity index (χ3v) is 8.25. The number of rotatable bonds is 20. The number of benzene rings is 2. The number of aliphatic hydroxyl groups is 1. The number of hydrogen-bond donors (Lipinski definition) is 1. The predicted molar refractivity (Wildman–Crippen MR) is 176 cm³/mol. The Hall–Kier alpha value is -3.83. The molecule has 44 heavy (non-hydrogen) atoms. The van der Waals surface area contributed by atoms with Crippen molar-refractivity contribution in [3.8, 4) is 11.1 Å². The Morgan fingerprint density at radius 2 is 0.955 bits per heavy atom. The number of aryl methyl sites for hydroxylation is 2. The zero-order chi connectivity index (χ0) is 30.7. The summed E-state index contributed by atoms with van der Waals surface area (Å²) < 4.78 is 10.2. The van der Waals surface area contributed by atoms with Crippen LogP contribution < -0.4 is 9.13 Å². The van der Waals surface area contributed by atoms with Crippen molar-refractivity contribution in [1.29, 1.82) is 0 Å². The van der Waals surface area contributed by atoms with Crippen molar-refractivity contribution in [1.82, 2.24) is 0 Å². The van der Waals surface area contributed by atoms with Crippen LogP contribution in [0.4, 0.5) is 0 Å². The number of ether oxygens (including phenoxy) is 1. The molecule has 0 bridgehead atoms. The SMILES string of the molecule is O=C(OCCC[n+]1ccc(-c2cc[n+](CCCCCCCCCCCCO)cc2)cc1)C(c1ccccc1)c1ccccc1. The second-order valence-corrected chi connectivity index (χ2v) is 11.7. The molecule has 0 aliphatic heterocycles. The fraction of sp³-hybridized carbons (Fsp3) is 0.410. The van der Waals surface area contributed by atoms with Crippen LogP contribution in [0.25, 0.3) is 11.1 Å². The highest BCUT2D eigenvalue weighted by molar-refractivity contribution is 5.82. The summed E-state index contributed by atoms with van der Waals surface area (Å²) in [6.07, 6.45) is 21.9. The van der Waals surface area contributed by atoms with Crippen molar-refractivity contribution in [2.45, 2.75) is 89.6 Å². The van der Waals surface area contributed by atoms with Crippen LogP contribution in [0.2, 0.25) is 0 Å². The fourth-order valence-corrected chi connectivity index (χ4v) is 5.68. The minimum Gasteiger partial charge on any atom is -0.465 e. The molecule has 2 aromatic carbocycles. The molecule has 4 rings (SSSR count). The molecule has 4 aromatic rings. The summed E-state index contributed by atoms with van der Waals surface area (Å²) in [5.74, 6) is -0.621. The van der Waals surface area contributed by atoms with E-state index in [4.69, 9.17) is 9.84 Å². The highest BCUT2D eigenvalue weighted by Gasteiger charge is 2.24. The molecule has 232 valence electrons. The van der Waals surface area contributed by atoms with Gasteiger partial charge in [0, 0.05) is 43.7 Å². The molecule has 0 saturated carbocycles. The summed E-state index contributed by atoms with van der Waals surface area (Å²) in [4.78, 5) is 13.1. The number of carbonyl (C=O) groups excluding carboxylic acids is 1. The molecule has 2 heterocycles. The van der Waals surface area contributed by atoms with Crippen molar-refractivity contribution in [2.24, 2.45) is 0 Å². The Bertz CT molecular complexity index is 1290. The lowest BCUT2D eigenvalue weighted by Crippen LogP contribution is -2.33. The van der Waals surface area contributed by atoms with Crippen molar-refractivity contribution >= 4 is 5.97 Å². The lowest BCUT2D eigenvalue weighted by molar-refractivity contribution is -0.697. The molecule has 2 aromatic heterocycles. The van der Waals surface area contributed by atoms with Gasteiger partial charge >= 0.3 is 5.97 Å². The van der Waals surface area contributed by atoms with Gasteiger partial charge in [-0.25, -0.2) is 9.13 Å². The van der Waals surface area contributed by atoms with Crippen LogP contribution in [0, 0.1) is 0 Å². The molecule has 1 N–H and O–H groups in total. The Morgan fingerprint density at radius 3 is 1.41 bits per heavy atom. The van der Waals surface area contributed by atoms with E-state index in [2.05, 4.69) is 58.2 Å². The quantitative estimate of drug-likeness (QED) is 0.0652. The van der Waals surface area contributed by atoms with E-state index in [9.17, 15) is 4.79 Å². The van der Waals surface area contributed by atoms with Crippen LogP contribution in [0.3, 0.4) is 0 Å². The second-order valence-electron chi connectivity index (χ2n) is 11.7. The molecule has 0 spiro atoms. The van der Waals surface area contributed by atoms with Gasteiger partial charge in [0.2, 0.25) is 0 Å². The normalized spacial score (nSPS) is 11.1. The maximum Gasteiger partial charge on any atom is 0.317 e. The second kappa shape index (κ2) is 19.4. The van der Waals surface area contributed by atoms with Gasteiger partial charge in [0.1, 0.15) is 12.5 Å². The first-order valence-corrected chi connectivity index (χ1v) is 16.6. The van der Waals surface area contributed by atoms with E-state index in [0.717, 1.165) is 37.1 Å². The van der Waals surface area contributed by atoms with Gasteiger partial charge < -0.3 is 9.84 Å². The number of carbonyl (C=O) groups is 1. The molecule has 0 radical (unpaired) electrons. The molecule has 0 amide bonds. The topological polar surface area (TPSA) is 54.3 Å². The van der Waals surface area contributed by atoms with Crippen LogP contribution in [0.1, 0.15) is 87.7 Å². The van der Waals surface area contributed by atoms with Crippen molar-refractivity contribution in [3.63, 3.8) is 0 Å². The number of aliphatic hydroxyl groups excluding tert-OH is 1. The van der Waals surface area contributed by atoms with Crippen molar-refractivity contribution in [3.05, 3.63) is 121 Å². The summed E-state index contributed by atoms with van der Waals surface area (Å²) in [6.45, 7) is 2.57.